The van der Waals surface area contributed by atoms with E-state index in [9.17, 15) is 14.0 Å². The topological polar surface area (TPSA) is 107 Å². The standard InChI is InChI=1S/C33H28ClFN4O5/c1-21-3-4-22(2)39(21)27-10-12-28(13-11-27)42-19-29-14-16-31(44-29)33(41)38-36-18-23-17-24(34)5-15-30(23)43-20-32(40)37-26-8-6-25(35)7-9-26/h3-18H,19-20H2,1-2H3,(H,37,40)(H,38,41)/b36-18+. The predicted octanol–water partition coefficient (Wildman–Crippen LogP) is 6.84. The molecule has 2 N–H and O–H groups in total. The summed E-state index contributed by atoms with van der Waals surface area (Å²) in [5.74, 6) is 0.0618. The van der Waals surface area contributed by atoms with Gasteiger partial charge in [-0.1, -0.05) is 11.6 Å². The molecule has 2 aromatic heterocycles. The number of halogens is 2. The van der Waals surface area contributed by atoms with Crippen LogP contribution in [-0.2, 0) is 11.4 Å². The quantitative estimate of drug-likeness (QED) is 0.125. The number of aryl methyl sites for hydroxylation is 2. The molecule has 0 fully saturated rings. The van der Waals surface area contributed by atoms with Gasteiger partial charge in [0.05, 0.1) is 6.21 Å². The average molecular weight is 615 g/mol. The Morgan fingerprint density at radius 1 is 0.932 bits per heavy atom. The molecule has 0 unspecified atom stereocenters. The van der Waals surface area contributed by atoms with E-state index >= 15 is 0 Å². The first kappa shape index (κ1) is 30.1. The van der Waals surface area contributed by atoms with E-state index in [1.807, 2.05) is 24.3 Å². The molecule has 5 rings (SSSR count). The number of rotatable bonds is 11. The zero-order valence-electron chi connectivity index (χ0n) is 23.8. The molecule has 0 saturated carbocycles. The van der Waals surface area contributed by atoms with Crippen molar-refractivity contribution in [2.24, 2.45) is 5.10 Å². The van der Waals surface area contributed by atoms with Gasteiger partial charge in [0.15, 0.2) is 12.4 Å². The highest BCUT2D eigenvalue weighted by Gasteiger charge is 2.12. The molecule has 224 valence electrons. The van der Waals surface area contributed by atoms with E-state index in [1.165, 1.54) is 36.5 Å². The number of ether oxygens (including phenoxy) is 2. The fourth-order valence-electron chi connectivity index (χ4n) is 4.34. The summed E-state index contributed by atoms with van der Waals surface area (Å²) in [6.07, 6.45) is 1.34. The van der Waals surface area contributed by atoms with Crippen LogP contribution >= 0.6 is 11.6 Å². The maximum atomic E-state index is 13.1. The summed E-state index contributed by atoms with van der Waals surface area (Å²) in [6.45, 7) is 3.92. The van der Waals surface area contributed by atoms with Gasteiger partial charge in [-0.2, -0.15) is 5.10 Å². The summed E-state index contributed by atoms with van der Waals surface area (Å²) in [7, 11) is 0. The van der Waals surface area contributed by atoms with E-state index < -0.39 is 17.6 Å². The lowest BCUT2D eigenvalue weighted by molar-refractivity contribution is -0.118. The number of benzene rings is 3. The number of nitrogens with one attached hydrogen (secondary N) is 2. The van der Waals surface area contributed by atoms with Gasteiger partial charge in [-0.05, 0) is 105 Å². The fraction of sp³-hybridized carbons (Fsp3) is 0.121. The molecule has 5 aromatic rings. The first-order valence-electron chi connectivity index (χ1n) is 13.5. The Morgan fingerprint density at radius 3 is 2.39 bits per heavy atom. The molecule has 11 heteroatoms. The molecule has 2 amide bonds. The van der Waals surface area contributed by atoms with E-state index in [2.05, 4.69) is 46.4 Å². The molecule has 0 atom stereocenters. The molecular weight excluding hydrogens is 587 g/mol. The van der Waals surface area contributed by atoms with Gasteiger partial charge in [-0.3, -0.25) is 9.59 Å². The summed E-state index contributed by atoms with van der Waals surface area (Å²) in [5, 5.41) is 6.99. The van der Waals surface area contributed by atoms with Crippen molar-refractivity contribution in [3.8, 4) is 17.2 Å². The molecule has 0 aliphatic heterocycles. The molecular formula is C33H28ClFN4O5. The third-order valence-corrected chi connectivity index (χ3v) is 6.70. The number of aromatic nitrogens is 1. The normalized spacial score (nSPS) is 11.0. The molecule has 0 radical (unpaired) electrons. The summed E-state index contributed by atoms with van der Waals surface area (Å²) < 4.78 is 32.3. The molecule has 0 spiro atoms. The number of amides is 2. The van der Waals surface area contributed by atoms with Crippen molar-refractivity contribution < 1.29 is 27.9 Å². The van der Waals surface area contributed by atoms with E-state index in [4.69, 9.17) is 25.5 Å². The maximum absolute atomic E-state index is 13.1. The Morgan fingerprint density at radius 2 is 1.66 bits per heavy atom. The molecule has 44 heavy (non-hydrogen) atoms. The third-order valence-electron chi connectivity index (χ3n) is 6.46. The van der Waals surface area contributed by atoms with E-state index in [0.717, 1.165) is 17.1 Å². The van der Waals surface area contributed by atoms with Crippen molar-refractivity contribution >= 4 is 35.3 Å². The van der Waals surface area contributed by atoms with Crippen LogP contribution in [0.2, 0.25) is 5.02 Å². The zero-order chi connectivity index (χ0) is 31.1. The largest absolute Gasteiger partial charge is 0.486 e. The van der Waals surface area contributed by atoms with E-state index in [-0.39, 0.29) is 19.0 Å². The number of nitrogens with zero attached hydrogens (tertiary/aromatic N) is 2. The number of anilines is 1. The monoisotopic (exact) mass is 614 g/mol. The summed E-state index contributed by atoms with van der Waals surface area (Å²) in [6, 6.07) is 25.1. The van der Waals surface area contributed by atoms with Crippen molar-refractivity contribution in [2.75, 3.05) is 11.9 Å². The Hall–Kier alpha value is -5.35. The molecule has 0 aliphatic rings. The summed E-state index contributed by atoms with van der Waals surface area (Å²) >= 11 is 6.11. The number of carbonyl (C=O) groups excluding carboxylic acids is 2. The highest BCUT2D eigenvalue weighted by atomic mass is 35.5. The Bertz CT molecular complexity index is 1780. The maximum Gasteiger partial charge on any atom is 0.307 e. The SMILES string of the molecule is Cc1ccc(C)n1-c1ccc(OCc2ccc(C(=O)N/N=C/c3cc(Cl)ccc3OCC(=O)Nc3ccc(F)cc3)o2)cc1. The fourth-order valence-corrected chi connectivity index (χ4v) is 4.52. The van der Waals surface area contributed by atoms with Gasteiger partial charge in [-0.25, -0.2) is 9.82 Å². The second-order valence-electron chi connectivity index (χ2n) is 9.73. The van der Waals surface area contributed by atoms with Crippen LogP contribution in [0.15, 0.2) is 101 Å². The Balaban J connectivity index is 1.13. The lowest BCUT2D eigenvalue weighted by atomic mass is 10.2. The van der Waals surface area contributed by atoms with E-state index in [1.54, 1.807) is 24.3 Å². The first-order valence-corrected chi connectivity index (χ1v) is 13.9. The molecule has 0 aliphatic carbocycles. The van der Waals surface area contributed by atoms with E-state index in [0.29, 0.717) is 33.5 Å². The van der Waals surface area contributed by atoms with Gasteiger partial charge in [-0.15, -0.1) is 0 Å². The highest BCUT2D eigenvalue weighted by molar-refractivity contribution is 6.30. The minimum atomic E-state index is -0.572. The Labute approximate surface area is 257 Å². The van der Waals surface area contributed by atoms with Gasteiger partial charge in [0, 0.05) is 33.3 Å². The minimum Gasteiger partial charge on any atom is -0.486 e. The van der Waals surface area contributed by atoms with Crippen LogP contribution in [0.4, 0.5) is 10.1 Å². The predicted molar refractivity (Wildman–Crippen MR) is 165 cm³/mol. The second kappa shape index (κ2) is 13.7. The molecule has 2 heterocycles. The van der Waals surface area contributed by atoms with Crippen molar-refractivity contribution in [1.29, 1.82) is 0 Å². The number of carbonyl (C=O) groups is 2. The summed E-state index contributed by atoms with van der Waals surface area (Å²) in [5.41, 5.74) is 6.58. The van der Waals surface area contributed by atoms with Gasteiger partial charge in [0.25, 0.3) is 5.91 Å². The van der Waals surface area contributed by atoms with Gasteiger partial charge < -0.3 is 23.8 Å². The molecule has 9 nitrogen and oxygen atoms in total. The average Bonchev–Trinajstić information content (AvgIpc) is 3.63. The van der Waals surface area contributed by atoms with Crippen molar-refractivity contribution in [3.05, 3.63) is 130 Å². The lowest BCUT2D eigenvalue weighted by Crippen LogP contribution is -2.20. The van der Waals surface area contributed by atoms with Crippen LogP contribution in [0.3, 0.4) is 0 Å². The van der Waals surface area contributed by atoms with Crippen LogP contribution in [-0.4, -0.2) is 29.2 Å². The number of furan rings is 1. The van der Waals surface area contributed by atoms with Crippen molar-refractivity contribution in [1.82, 2.24) is 9.99 Å². The van der Waals surface area contributed by atoms with Gasteiger partial charge >= 0.3 is 5.91 Å². The smallest absolute Gasteiger partial charge is 0.307 e. The number of hydrazone groups is 1. The highest BCUT2D eigenvalue weighted by Crippen LogP contribution is 2.23. The van der Waals surface area contributed by atoms with Gasteiger partial charge in [0.1, 0.15) is 29.7 Å². The second-order valence-corrected chi connectivity index (χ2v) is 10.2. The van der Waals surface area contributed by atoms with Crippen LogP contribution in [0.1, 0.15) is 33.3 Å². The molecule has 0 bridgehead atoms. The van der Waals surface area contributed by atoms with Gasteiger partial charge in [0.2, 0.25) is 0 Å². The Kier molecular flexibility index (Phi) is 9.41. The third kappa shape index (κ3) is 7.73. The first-order chi connectivity index (χ1) is 21.2. The lowest BCUT2D eigenvalue weighted by Gasteiger charge is -2.10. The minimum absolute atomic E-state index is 0.0506. The van der Waals surface area contributed by atoms with Crippen LogP contribution < -0.4 is 20.2 Å². The molecule has 3 aromatic carbocycles. The summed E-state index contributed by atoms with van der Waals surface area (Å²) in [4.78, 5) is 24.8. The number of hydrogen-bond acceptors (Lipinski definition) is 6. The van der Waals surface area contributed by atoms with Crippen molar-refractivity contribution in [3.63, 3.8) is 0 Å². The van der Waals surface area contributed by atoms with Crippen LogP contribution in [0.5, 0.6) is 11.5 Å². The number of hydrogen-bond donors (Lipinski definition) is 2. The zero-order valence-corrected chi connectivity index (χ0v) is 24.6. The van der Waals surface area contributed by atoms with Crippen molar-refractivity contribution in [2.45, 2.75) is 20.5 Å². The molecule has 0 saturated heterocycles. The van der Waals surface area contributed by atoms with Crippen LogP contribution in [0.25, 0.3) is 5.69 Å². The van der Waals surface area contributed by atoms with Crippen LogP contribution in [0, 0.1) is 19.7 Å².